The van der Waals surface area contributed by atoms with E-state index in [0.29, 0.717) is 0 Å². The van der Waals surface area contributed by atoms with E-state index in [2.05, 4.69) is 20.3 Å². The van der Waals surface area contributed by atoms with Crippen molar-refractivity contribution in [3.05, 3.63) is 23.2 Å². The molecule has 1 aliphatic heterocycles. The Hall–Kier alpha value is -2.06. The van der Waals surface area contributed by atoms with Crippen molar-refractivity contribution in [3.63, 3.8) is 0 Å². The van der Waals surface area contributed by atoms with Crippen molar-refractivity contribution in [2.75, 3.05) is 13.1 Å². The predicted molar refractivity (Wildman–Crippen MR) is 79.2 cm³/mol. The molecule has 0 spiro atoms. The van der Waals surface area contributed by atoms with E-state index >= 15 is 0 Å². The summed E-state index contributed by atoms with van der Waals surface area (Å²) in [5.74, 6) is 0. The summed E-state index contributed by atoms with van der Waals surface area (Å²) in [6.45, 7) is 1.80. The average molecular weight is 305 g/mol. The molecule has 8 heteroatoms. The van der Waals surface area contributed by atoms with Gasteiger partial charge < -0.3 is 19.9 Å². The third kappa shape index (κ3) is 1.90. The molecule has 1 fully saturated rings. The lowest BCUT2D eigenvalue weighted by atomic mass is 10.1. The molecular formula is C13H15N5O2S. The average Bonchev–Trinajstić information content (AvgIpc) is 3.11. The lowest BCUT2D eigenvalue weighted by molar-refractivity contribution is 0.372. The first-order valence-electron chi connectivity index (χ1n) is 6.95. The molecule has 4 rings (SSSR count). The Morgan fingerprint density at radius 3 is 2.86 bits per heavy atom. The fourth-order valence-corrected chi connectivity index (χ4v) is 3.75. The maximum absolute atomic E-state index is 11.6. The standard InChI is InChI=1S/C13H15N5O2S/c19-21(20)13-17-10-7-16-12-9(3-6-15-12)11(10)18(13)8-1-4-14-5-2-8/h3,6-8,14,17H,1-2,4-5H2,(H,15,16). The molecule has 0 bridgehead atoms. The Morgan fingerprint density at radius 2 is 2.10 bits per heavy atom. The number of nitrogens with one attached hydrogen (secondary N) is 3. The Bertz CT molecular complexity index is 981. The van der Waals surface area contributed by atoms with Gasteiger partial charge in [-0.3, -0.25) is 0 Å². The van der Waals surface area contributed by atoms with E-state index in [9.17, 15) is 8.42 Å². The normalized spacial score (nSPS) is 16.8. The van der Waals surface area contributed by atoms with Crippen molar-refractivity contribution in [2.24, 2.45) is 0 Å². The molecule has 0 amide bonds. The molecule has 0 atom stereocenters. The van der Waals surface area contributed by atoms with Crippen LogP contribution in [-0.2, 0) is 10.3 Å². The summed E-state index contributed by atoms with van der Waals surface area (Å²) in [6, 6.07) is 2.11. The Morgan fingerprint density at radius 1 is 1.29 bits per heavy atom. The summed E-state index contributed by atoms with van der Waals surface area (Å²) in [7, 11) is -2.31. The molecular weight excluding hydrogens is 290 g/mol. The van der Waals surface area contributed by atoms with Gasteiger partial charge >= 0.3 is 0 Å². The molecule has 1 aliphatic rings. The zero-order valence-electron chi connectivity index (χ0n) is 11.3. The SMILES string of the molecule is O=S(=O)=c1[nH]c2cnc3[nH]ccc3c2n1C1CCNCC1. The van der Waals surface area contributed by atoms with E-state index in [0.717, 1.165) is 48.0 Å². The van der Waals surface area contributed by atoms with Crippen LogP contribution in [-0.4, -0.2) is 41.0 Å². The van der Waals surface area contributed by atoms with Crippen LogP contribution in [0.15, 0.2) is 18.5 Å². The number of rotatable bonds is 1. The molecule has 0 aliphatic carbocycles. The number of imidazole rings is 1. The van der Waals surface area contributed by atoms with Gasteiger partial charge in [-0.15, -0.1) is 0 Å². The number of hydrogen-bond acceptors (Lipinski definition) is 4. The van der Waals surface area contributed by atoms with Crippen LogP contribution in [0.3, 0.4) is 0 Å². The molecule has 7 nitrogen and oxygen atoms in total. The van der Waals surface area contributed by atoms with Gasteiger partial charge in [-0.1, -0.05) is 0 Å². The maximum Gasteiger partial charge on any atom is 0.256 e. The second-order valence-corrected chi connectivity index (χ2v) is 6.13. The van der Waals surface area contributed by atoms with Gasteiger partial charge in [-0.2, -0.15) is 8.42 Å². The Balaban J connectivity index is 2.16. The van der Waals surface area contributed by atoms with E-state index in [1.54, 1.807) is 6.20 Å². The smallest absolute Gasteiger partial charge is 0.256 e. The first-order valence-corrected chi connectivity index (χ1v) is 8.02. The number of aromatic nitrogens is 4. The molecule has 21 heavy (non-hydrogen) atoms. The van der Waals surface area contributed by atoms with E-state index < -0.39 is 10.3 Å². The summed E-state index contributed by atoms with van der Waals surface area (Å²) in [5.41, 5.74) is 2.43. The van der Waals surface area contributed by atoms with E-state index in [1.165, 1.54) is 0 Å². The first-order chi connectivity index (χ1) is 10.3. The van der Waals surface area contributed by atoms with Crippen molar-refractivity contribution in [2.45, 2.75) is 18.9 Å². The minimum atomic E-state index is -2.31. The first kappa shape index (κ1) is 12.7. The number of pyridine rings is 1. The Labute approximate surface area is 121 Å². The molecule has 3 aromatic rings. The van der Waals surface area contributed by atoms with Crippen LogP contribution >= 0.6 is 0 Å². The summed E-state index contributed by atoms with van der Waals surface area (Å²) >= 11 is 0. The number of aromatic amines is 2. The summed E-state index contributed by atoms with van der Waals surface area (Å²) in [4.78, 5) is 10.4. The van der Waals surface area contributed by atoms with Gasteiger partial charge in [0, 0.05) is 17.6 Å². The van der Waals surface area contributed by atoms with Crippen LogP contribution in [0.25, 0.3) is 22.1 Å². The zero-order valence-corrected chi connectivity index (χ0v) is 12.1. The lowest BCUT2D eigenvalue weighted by Crippen LogP contribution is -2.29. The van der Waals surface area contributed by atoms with E-state index in [4.69, 9.17) is 0 Å². The Kier molecular flexibility index (Phi) is 2.86. The van der Waals surface area contributed by atoms with Crippen molar-refractivity contribution >= 4 is 32.4 Å². The zero-order chi connectivity index (χ0) is 14.4. The van der Waals surface area contributed by atoms with Crippen LogP contribution in [0.4, 0.5) is 0 Å². The quantitative estimate of drug-likeness (QED) is 0.588. The van der Waals surface area contributed by atoms with E-state index in [1.807, 2.05) is 16.8 Å². The fourth-order valence-electron chi connectivity index (χ4n) is 3.16. The molecule has 4 heterocycles. The van der Waals surface area contributed by atoms with Crippen molar-refractivity contribution in [1.29, 1.82) is 0 Å². The van der Waals surface area contributed by atoms with Crippen LogP contribution in [0.2, 0.25) is 0 Å². The molecule has 0 saturated carbocycles. The number of nitrogens with zero attached hydrogens (tertiary/aromatic N) is 2. The largest absolute Gasteiger partial charge is 0.346 e. The third-order valence-electron chi connectivity index (χ3n) is 4.09. The van der Waals surface area contributed by atoms with Gasteiger partial charge in [0.2, 0.25) is 4.77 Å². The molecule has 1 saturated heterocycles. The van der Waals surface area contributed by atoms with Gasteiger partial charge in [0.1, 0.15) is 5.65 Å². The van der Waals surface area contributed by atoms with Gasteiger partial charge in [-0.25, -0.2) is 4.98 Å². The van der Waals surface area contributed by atoms with Gasteiger partial charge in [0.05, 0.1) is 17.2 Å². The predicted octanol–water partition coefficient (Wildman–Crippen LogP) is 1.18. The highest BCUT2D eigenvalue weighted by molar-refractivity contribution is 7.63. The van der Waals surface area contributed by atoms with E-state index in [-0.39, 0.29) is 10.8 Å². The summed E-state index contributed by atoms with van der Waals surface area (Å²) < 4.78 is 25.4. The van der Waals surface area contributed by atoms with Gasteiger partial charge in [0.15, 0.2) is 0 Å². The van der Waals surface area contributed by atoms with Crippen molar-refractivity contribution in [3.8, 4) is 0 Å². The van der Waals surface area contributed by atoms with Gasteiger partial charge in [0.25, 0.3) is 10.3 Å². The summed E-state index contributed by atoms with van der Waals surface area (Å²) in [5, 5.41) is 4.25. The van der Waals surface area contributed by atoms with Crippen LogP contribution < -0.4 is 5.32 Å². The molecule has 0 unspecified atom stereocenters. The van der Waals surface area contributed by atoms with Crippen molar-refractivity contribution in [1.82, 2.24) is 24.8 Å². The van der Waals surface area contributed by atoms with Crippen LogP contribution in [0.5, 0.6) is 0 Å². The second kappa shape index (κ2) is 4.74. The summed E-state index contributed by atoms with van der Waals surface area (Å²) in [6.07, 6.45) is 5.33. The number of H-pyrrole nitrogens is 2. The number of hydrogen-bond donors (Lipinski definition) is 3. The highest BCUT2D eigenvalue weighted by atomic mass is 32.2. The monoisotopic (exact) mass is 305 g/mol. The van der Waals surface area contributed by atoms with Crippen LogP contribution in [0.1, 0.15) is 18.9 Å². The third-order valence-corrected chi connectivity index (χ3v) is 4.71. The molecule has 3 aromatic heterocycles. The highest BCUT2D eigenvalue weighted by Gasteiger charge is 2.21. The van der Waals surface area contributed by atoms with Gasteiger partial charge in [-0.05, 0) is 32.0 Å². The minimum Gasteiger partial charge on any atom is -0.346 e. The fraction of sp³-hybridized carbons (Fsp3) is 0.385. The molecule has 0 radical (unpaired) electrons. The second-order valence-electron chi connectivity index (χ2n) is 5.28. The van der Waals surface area contributed by atoms with Crippen LogP contribution in [0, 0.1) is 4.77 Å². The van der Waals surface area contributed by atoms with Crippen molar-refractivity contribution < 1.29 is 8.42 Å². The highest BCUT2D eigenvalue weighted by Crippen LogP contribution is 2.29. The number of piperidine rings is 1. The minimum absolute atomic E-state index is 0.174. The molecule has 0 aromatic carbocycles. The topological polar surface area (TPSA) is 95.6 Å². The maximum atomic E-state index is 11.6. The number of fused-ring (bicyclic) bond motifs is 3. The lowest BCUT2D eigenvalue weighted by Gasteiger charge is -2.24. The molecule has 110 valence electrons. The molecule has 3 N–H and O–H groups in total.